The summed E-state index contributed by atoms with van der Waals surface area (Å²) in [6.45, 7) is 7.28. The van der Waals surface area contributed by atoms with E-state index in [4.69, 9.17) is 0 Å². The van der Waals surface area contributed by atoms with E-state index >= 15 is 0 Å². The molecular formula is C21H22Si. The minimum atomic E-state index is -1.21. The van der Waals surface area contributed by atoms with Gasteiger partial charge in [-0.05, 0) is 34.2 Å². The van der Waals surface area contributed by atoms with Crippen LogP contribution in [0, 0.1) is 0 Å². The van der Waals surface area contributed by atoms with Crippen LogP contribution in [0.5, 0.6) is 0 Å². The lowest BCUT2D eigenvalue weighted by molar-refractivity contribution is 1.05. The minimum Gasteiger partial charge on any atom is -0.0740 e. The molecule has 0 fully saturated rings. The van der Waals surface area contributed by atoms with Gasteiger partial charge in [-0.25, -0.2) is 0 Å². The second-order valence-electron chi connectivity index (χ2n) is 7.46. The Labute approximate surface area is 134 Å². The third kappa shape index (κ3) is 2.12. The summed E-state index contributed by atoms with van der Waals surface area (Å²) in [5.41, 5.74) is 7.37. The van der Waals surface area contributed by atoms with Crippen LogP contribution in [-0.2, 0) is 6.42 Å². The molecule has 22 heavy (non-hydrogen) atoms. The fraction of sp³-hybridized carbons (Fsp3) is 0.238. The molecule has 110 valence electrons. The Bertz CT molecular complexity index is 803. The van der Waals surface area contributed by atoms with Crippen LogP contribution >= 0.6 is 0 Å². The minimum absolute atomic E-state index is 0.464. The monoisotopic (exact) mass is 302 g/mol. The second-order valence-corrected chi connectivity index (χ2v) is 12.5. The molecule has 0 N–H and O–H groups in total. The Hall–Kier alpha value is -1.86. The van der Waals surface area contributed by atoms with Crippen molar-refractivity contribution in [1.29, 1.82) is 0 Å². The number of allylic oxidation sites excluding steroid dienone is 4. The highest BCUT2D eigenvalue weighted by molar-refractivity contribution is 6.83. The van der Waals surface area contributed by atoms with Crippen molar-refractivity contribution in [3.05, 3.63) is 82.6 Å². The van der Waals surface area contributed by atoms with Crippen LogP contribution in [-0.4, -0.2) is 8.07 Å². The molecule has 0 radical (unpaired) electrons. The number of benzene rings is 2. The molecule has 0 saturated carbocycles. The normalized spacial score (nSPS) is 19.0. The van der Waals surface area contributed by atoms with Crippen molar-refractivity contribution in [2.45, 2.75) is 32.0 Å². The topological polar surface area (TPSA) is 0 Å². The molecule has 0 aliphatic heterocycles. The van der Waals surface area contributed by atoms with Gasteiger partial charge in [0.25, 0.3) is 0 Å². The molecule has 4 rings (SSSR count). The molecule has 2 aromatic rings. The molecule has 1 heteroatoms. The fourth-order valence-electron chi connectivity index (χ4n) is 3.70. The van der Waals surface area contributed by atoms with Gasteiger partial charge in [-0.2, -0.15) is 0 Å². The SMILES string of the molecule is C[Si](C)(C)C1=CC(c2cccc3c2Cc2ccccc2-3)C=C1. The molecule has 0 bridgehead atoms. The van der Waals surface area contributed by atoms with Crippen molar-refractivity contribution < 1.29 is 0 Å². The van der Waals surface area contributed by atoms with Crippen molar-refractivity contribution in [2.75, 3.05) is 0 Å². The average molecular weight is 302 g/mol. The fourth-order valence-corrected chi connectivity index (χ4v) is 4.98. The molecular weight excluding hydrogens is 280 g/mol. The van der Waals surface area contributed by atoms with E-state index in [1.807, 2.05) is 0 Å². The van der Waals surface area contributed by atoms with Gasteiger partial charge in [-0.15, -0.1) is 0 Å². The van der Waals surface area contributed by atoms with E-state index in [0.29, 0.717) is 5.92 Å². The van der Waals surface area contributed by atoms with Crippen molar-refractivity contribution in [3.63, 3.8) is 0 Å². The summed E-state index contributed by atoms with van der Waals surface area (Å²) in [4.78, 5) is 0. The highest BCUT2D eigenvalue weighted by Gasteiger charge is 2.26. The van der Waals surface area contributed by atoms with E-state index in [1.54, 1.807) is 5.20 Å². The van der Waals surface area contributed by atoms with Gasteiger partial charge in [0.15, 0.2) is 0 Å². The summed E-state index contributed by atoms with van der Waals surface area (Å²) >= 11 is 0. The average Bonchev–Trinajstić information content (AvgIpc) is 3.11. The van der Waals surface area contributed by atoms with Gasteiger partial charge in [0.2, 0.25) is 0 Å². The molecule has 2 aromatic carbocycles. The van der Waals surface area contributed by atoms with Crippen LogP contribution in [0.2, 0.25) is 19.6 Å². The Balaban J connectivity index is 1.78. The van der Waals surface area contributed by atoms with Gasteiger partial charge in [-0.3, -0.25) is 0 Å². The predicted octanol–water partition coefficient (Wildman–Crippen LogP) is 5.72. The van der Waals surface area contributed by atoms with Crippen molar-refractivity contribution >= 4 is 8.07 Å². The standard InChI is InChI=1S/C21H22Si/c1-22(2,3)17-12-11-16(13-17)19-9-6-10-20-18-8-5-4-7-15(18)14-21(19)20/h4-13,16H,14H2,1-3H3. The largest absolute Gasteiger partial charge is 0.0772 e. The molecule has 0 spiro atoms. The number of hydrogen-bond donors (Lipinski definition) is 0. The maximum atomic E-state index is 2.50. The smallest absolute Gasteiger partial charge is 0.0740 e. The third-order valence-corrected chi connectivity index (χ3v) is 7.02. The zero-order valence-corrected chi connectivity index (χ0v) is 14.6. The Morgan fingerprint density at radius 2 is 1.68 bits per heavy atom. The van der Waals surface area contributed by atoms with Gasteiger partial charge < -0.3 is 0 Å². The first-order valence-electron chi connectivity index (χ1n) is 8.14. The van der Waals surface area contributed by atoms with E-state index in [9.17, 15) is 0 Å². The Kier molecular flexibility index (Phi) is 3.02. The Morgan fingerprint density at radius 3 is 2.45 bits per heavy atom. The van der Waals surface area contributed by atoms with E-state index in [-0.39, 0.29) is 0 Å². The lowest BCUT2D eigenvalue weighted by Gasteiger charge is -2.17. The third-order valence-electron chi connectivity index (χ3n) is 4.95. The highest BCUT2D eigenvalue weighted by Crippen LogP contribution is 2.42. The molecule has 2 aliphatic rings. The van der Waals surface area contributed by atoms with Crippen LogP contribution in [0.1, 0.15) is 22.6 Å². The van der Waals surface area contributed by atoms with Crippen molar-refractivity contribution in [1.82, 2.24) is 0 Å². The van der Waals surface area contributed by atoms with E-state index in [0.717, 1.165) is 6.42 Å². The van der Waals surface area contributed by atoms with E-state index in [1.165, 1.54) is 27.8 Å². The maximum absolute atomic E-state index is 2.50. The first kappa shape index (κ1) is 13.8. The summed E-state index contributed by atoms with van der Waals surface area (Å²) in [5.74, 6) is 0.464. The van der Waals surface area contributed by atoms with Gasteiger partial charge in [0, 0.05) is 5.92 Å². The van der Waals surface area contributed by atoms with Crippen LogP contribution in [0.15, 0.2) is 65.9 Å². The molecule has 0 amide bonds. The van der Waals surface area contributed by atoms with Gasteiger partial charge in [-0.1, -0.05) is 85.5 Å². The summed E-state index contributed by atoms with van der Waals surface area (Å²) in [5, 5.41) is 1.59. The molecule has 1 unspecified atom stereocenters. The summed E-state index contributed by atoms with van der Waals surface area (Å²) in [7, 11) is -1.21. The number of hydrogen-bond acceptors (Lipinski definition) is 0. The first-order valence-corrected chi connectivity index (χ1v) is 11.6. The maximum Gasteiger partial charge on any atom is 0.0772 e. The van der Waals surface area contributed by atoms with Crippen molar-refractivity contribution in [2.24, 2.45) is 0 Å². The summed E-state index contributed by atoms with van der Waals surface area (Å²) in [6, 6.07) is 15.7. The molecule has 0 heterocycles. The molecule has 1 atom stereocenters. The molecule has 0 aromatic heterocycles. The van der Waals surface area contributed by atoms with Crippen LogP contribution in [0.25, 0.3) is 11.1 Å². The predicted molar refractivity (Wildman–Crippen MR) is 98.0 cm³/mol. The lowest BCUT2D eigenvalue weighted by Crippen LogP contribution is -2.21. The quantitative estimate of drug-likeness (QED) is 0.531. The first-order chi connectivity index (χ1) is 10.5. The van der Waals surface area contributed by atoms with Crippen LogP contribution in [0.4, 0.5) is 0 Å². The Morgan fingerprint density at radius 1 is 0.909 bits per heavy atom. The highest BCUT2D eigenvalue weighted by atomic mass is 28.3. The van der Waals surface area contributed by atoms with Gasteiger partial charge in [0.1, 0.15) is 0 Å². The number of fused-ring (bicyclic) bond motifs is 3. The van der Waals surface area contributed by atoms with E-state index in [2.05, 4.69) is 80.3 Å². The molecule has 0 saturated heterocycles. The van der Waals surface area contributed by atoms with Crippen LogP contribution in [0.3, 0.4) is 0 Å². The van der Waals surface area contributed by atoms with E-state index < -0.39 is 8.07 Å². The summed E-state index contributed by atoms with van der Waals surface area (Å²) < 4.78 is 0. The van der Waals surface area contributed by atoms with Gasteiger partial charge in [0.05, 0.1) is 8.07 Å². The number of rotatable bonds is 2. The molecule has 0 nitrogen and oxygen atoms in total. The molecule has 2 aliphatic carbocycles. The van der Waals surface area contributed by atoms with Crippen LogP contribution < -0.4 is 0 Å². The van der Waals surface area contributed by atoms with Gasteiger partial charge >= 0.3 is 0 Å². The summed E-state index contributed by atoms with van der Waals surface area (Å²) in [6.07, 6.45) is 8.36. The lowest BCUT2D eigenvalue weighted by atomic mass is 9.92. The zero-order valence-electron chi connectivity index (χ0n) is 13.6. The van der Waals surface area contributed by atoms with Crippen molar-refractivity contribution in [3.8, 4) is 11.1 Å². The second kappa shape index (κ2) is 4.82. The zero-order chi connectivity index (χ0) is 15.3.